The molecule has 1 fully saturated rings. The lowest BCUT2D eigenvalue weighted by atomic mass is 10.1. The highest BCUT2D eigenvalue weighted by Gasteiger charge is 2.24. The number of piperazine rings is 1. The minimum atomic E-state index is -0.0341. The highest BCUT2D eigenvalue weighted by molar-refractivity contribution is 5.92. The van der Waals surface area contributed by atoms with Crippen LogP contribution in [0.25, 0.3) is 0 Å². The topological polar surface area (TPSA) is 63.7 Å². The first kappa shape index (κ1) is 19.3. The number of hydrogen-bond acceptors (Lipinski definition) is 5. The van der Waals surface area contributed by atoms with E-state index in [9.17, 15) is 4.79 Å². The van der Waals surface area contributed by atoms with Crippen LogP contribution in [0.3, 0.4) is 0 Å². The number of hydrogen-bond donors (Lipinski definition) is 0. The number of rotatable bonds is 6. The van der Waals surface area contributed by atoms with E-state index in [2.05, 4.69) is 16.1 Å². The van der Waals surface area contributed by atoms with E-state index in [1.165, 1.54) is 0 Å². The molecule has 4 rings (SSSR count). The van der Waals surface area contributed by atoms with Gasteiger partial charge >= 0.3 is 0 Å². The first-order chi connectivity index (χ1) is 14.1. The van der Waals surface area contributed by atoms with Crippen LogP contribution in [-0.4, -0.2) is 51.7 Å². The van der Waals surface area contributed by atoms with Crippen LogP contribution in [0.4, 0.5) is 0 Å². The molecule has 1 aromatic carbocycles. The van der Waals surface area contributed by atoms with Crippen molar-refractivity contribution in [1.82, 2.24) is 19.6 Å². The molecule has 0 saturated carbocycles. The number of benzene rings is 1. The van der Waals surface area contributed by atoms with E-state index in [4.69, 9.17) is 9.15 Å². The zero-order valence-electron chi connectivity index (χ0n) is 16.9. The van der Waals surface area contributed by atoms with Crippen LogP contribution in [0.15, 0.2) is 53.3 Å². The van der Waals surface area contributed by atoms with Gasteiger partial charge in [0, 0.05) is 32.4 Å². The second kappa shape index (κ2) is 8.53. The summed E-state index contributed by atoms with van der Waals surface area (Å²) in [5.41, 5.74) is 2.67. The zero-order chi connectivity index (χ0) is 20.2. The molecule has 29 heavy (non-hydrogen) atoms. The fraction of sp³-hybridized carbons (Fsp3) is 0.364. The number of aromatic nitrogens is 2. The predicted molar refractivity (Wildman–Crippen MR) is 109 cm³/mol. The molecule has 0 bridgehead atoms. The summed E-state index contributed by atoms with van der Waals surface area (Å²) in [5, 5.41) is 4.40. The second-order valence-corrected chi connectivity index (χ2v) is 7.43. The molecule has 7 heteroatoms. The minimum Gasteiger partial charge on any atom is -0.471 e. The van der Waals surface area contributed by atoms with Gasteiger partial charge < -0.3 is 14.1 Å². The van der Waals surface area contributed by atoms with Crippen LogP contribution in [0.5, 0.6) is 5.75 Å². The lowest BCUT2D eigenvalue weighted by Gasteiger charge is -2.33. The Morgan fingerprint density at radius 2 is 1.97 bits per heavy atom. The summed E-state index contributed by atoms with van der Waals surface area (Å²) < 4.78 is 12.9. The molecule has 3 aromatic rings. The van der Waals surface area contributed by atoms with Crippen LogP contribution < -0.4 is 4.74 Å². The number of carbonyl (C=O) groups is 1. The highest BCUT2D eigenvalue weighted by atomic mass is 16.5. The maximum Gasteiger partial charge on any atom is 0.274 e. The molecule has 2 aromatic heterocycles. The molecule has 0 atom stereocenters. The van der Waals surface area contributed by atoms with Crippen molar-refractivity contribution in [2.45, 2.75) is 27.1 Å². The largest absolute Gasteiger partial charge is 0.471 e. The first-order valence-electron chi connectivity index (χ1n) is 9.86. The molecule has 7 nitrogen and oxygen atoms in total. The summed E-state index contributed by atoms with van der Waals surface area (Å²) in [6.07, 6.45) is 3.47. The lowest BCUT2D eigenvalue weighted by Crippen LogP contribution is -2.48. The molecule has 0 N–H and O–H groups in total. The van der Waals surface area contributed by atoms with Crippen molar-refractivity contribution in [3.8, 4) is 5.75 Å². The van der Waals surface area contributed by atoms with Gasteiger partial charge in [0.15, 0.2) is 12.4 Å². The molecule has 152 valence electrons. The normalized spacial score (nSPS) is 14.9. The summed E-state index contributed by atoms with van der Waals surface area (Å²) >= 11 is 0. The molecule has 0 aliphatic carbocycles. The van der Waals surface area contributed by atoms with E-state index in [-0.39, 0.29) is 12.6 Å². The molecule has 3 heterocycles. The Kier molecular flexibility index (Phi) is 5.67. The van der Waals surface area contributed by atoms with Gasteiger partial charge in [0.05, 0.1) is 12.8 Å². The Bertz CT molecular complexity index is 956. The number of furan rings is 1. The van der Waals surface area contributed by atoms with Crippen LogP contribution in [-0.2, 0) is 13.3 Å². The minimum absolute atomic E-state index is 0.0341. The Hall–Kier alpha value is -3.06. The lowest BCUT2D eigenvalue weighted by molar-refractivity contribution is 0.0612. The second-order valence-electron chi connectivity index (χ2n) is 7.43. The zero-order valence-corrected chi connectivity index (χ0v) is 16.9. The van der Waals surface area contributed by atoms with Crippen LogP contribution in [0, 0.1) is 13.8 Å². The van der Waals surface area contributed by atoms with Gasteiger partial charge in [-0.3, -0.25) is 9.69 Å². The SMILES string of the molecule is Cc1ccc(C)c(OCn2ccc(C(=O)N3CCN(Cc4ccco4)CC3)n2)c1. The van der Waals surface area contributed by atoms with Crippen molar-refractivity contribution >= 4 is 5.91 Å². The van der Waals surface area contributed by atoms with Gasteiger partial charge in [-0.1, -0.05) is 12.1 Å². The molecule has 1 amide bonds. The summed E-state index contributed by atoms with van der Waals surface area (Å²) in [4.78, 5) is 16.9. The van der Waals surface area contributed by atoms with Gasteiger partial charge in [0.25, 0.3) is 5.91 Å². The van der Waals surface area contributed by atoms with Crippen molar-refractivity contribution < 1.29 is 13.9 Å². The molecule has 0 spiro atoms. The molecule has 1 aliphatic rings. The summed E-state index contributed by atoms with van der Waals surface area (Å²) in [7, 11) is 0. The van der Waals surface area contributed by atoms with E-state index in [1.807, 2.05) is 43.0 Å². The number of aryl methyl sites for hydroxylation is 2. The van der Waals surface area contributed by atoms with Crippen molar-refractivity contribution in [2.24, 2.45) is 0 Å². The molecule has 0 radical (unpaired) electrons. The van der Waals surface area contributed by atoms with Gasteiger partial charge in [0.2, 0.25) is 0 Å². The van der Waals surface area contributed by atoms with Gasteiger partial charge in [-0.25, -0.2) is 4.68 Å². The molecular formula is C22H26N4O3. The summed E-state index contributed by atoms with van der Waals surface area (Å²) in [6, 6.07) is 11.7. The van der Waals surface area contributed by atoms with E-state index in [1.54, 1.807) is 23.2 Å². The van der Waals surface area contributed by atoms with Crippen LogP contribution in [0.2, 0.25) is 0 Å². The monoisotopic (exact) mass is 394 g/mol. The Morgan fingerprint density at radius 1 is 1.14 bits per heavy atom. The summed E-state index contributed by atoms with van der Waals surface area (Å²) in [5.74, 6) is 1.75. The highest BCUT2D eigenvalue weighted by Crippen LogP contribution is 2.19. The quantitative estimate of drug-likeness (QED) is 0.643. The smallest absolute Gasteiger partial charge is 0.274 e. The molecule has 1 aliphatic heterocycles. The van der Waals surface area contributed by atoms with Crippen molar-refractivity contribution in [2.75, 3.05) is 26.2 Å². The Labute approximate surface area is 170 Å². The van der Waals surface area contributed by atoms with Crippen molar-refractivity contribution in [1.29, 1.82) is 0 Å². The third-order valence-corrected chi connectivity index (χ3v) is 5.17. The van der Waals surface area contributed by atoms with Gasteiger partial charge in [-0.2, -0.15) is 5.10 Å². The molecule has 1 saturated heterocycles. The first-order valence-corrected chi connectivity index (χ1v) is 9.86. The van der Waals surface area contributed by atoms with Gasteiger partial charge in [-0.05, 0) is 49.2 Å². The predicted octanol–water partition coefficient (Wildman–Crippen LogP) is 3.09. The number of nitrogens with zero attached hydrogens (tertiary/aromatic N) is 4. The number of ether oxygens (including phenoxy) is 1. The molecular weight excluding hydrogens is 368 g/mol. The van der Waals surface area contributed by atoms with Crippen LogP contribution >= 0.6 is 0 Å². The average molecular weight is 394 g/mol. The molecule has 0 unspecified atom stereocenters. The number of amides is 1. The summed E-state index contributed by atoms with van der Waals surface area (Å²) in [6.45, 7) is 8.11. The number of carbonyl (C=O) groups excluding carboxylic acids is 1. The van der Waals surface area contributed by atoms with E-state index in [0.717, 1.165) is 42.3 Å². The van der Waals surface area contributed by atoms with Gasteiger partial charge in [0.1, 0.15) is 11.5 Å². The van der Waals surface area contributed by atoms with E-state index in [0.29, 0.717) is 18.8 Å². The maximum atomic E-state index is 12.8. The average Bonchev–Trinajstić information content (AvgIpc) is 3.41. The fourth-order valence-corrected chi connectivity index (χ4v) is 3.44. The maximum absolute atomic E-state index is 12.8. The van der Waals surface area contributed by atoms with Crippen molar-refractivity contribution in [3.05, 3.63) is 71.4 Å². The van der Waals surface area contributed by atoms with E-state index >= 15 is 0 Å². The fourth-order valence-electron chi connectivity index (χ4n) is 3.44. The van der Waals surface area contributed by atoms with Gasteiger partial charge in [-0.15, -0.1) is 0 Å². The Balaban J connectivity index is 1.30. The van der Waals surface area contributed by atoms with Crippen molar-refractivity contribution in [3.63, 3.8) is 0 Å². The van der Waals surface area contributed by atoms with Crippen LogP contribution in [0.1, 0.15) is 27.4 Å². The Morgan fingerprint density at radius 3 is 2.72 bits per heavy atom. The van der Waals surface area contributed by atoms with E-state index < -0.39 is 0 Å². The standard InChI is InChI=1S/C22H26N4O3/c1-17-5-6-18(2)21(14-17)29-16-26-8-7-20(23-26)22(27)25-11-9-24(10-12-25)15-19-4-3-13-28-19/h3-8,13-14H,9-12,15-16H2,1-2H3. The third kappa shape index (κ3) is 4.68. The third-order valence-electron chi connectivity index (χ3n) is 5.17.